The number of hydrogen-bond acceptors (Lipinski definition) is 3. The second-order valence-corrected chi connectivity index (χ2v) is 10.4. The highest BCUT2D eigenvalue weighted by atomic mass is 16.5. The molecule has 2 N–H and O–H groups in total. The molecule has 4 saturated carbocycles. The van der Waals surface area contributed by atoms with Crippen LogP contribution in [0.3, 0.4) is 0 Å². The summed E-state index contributed by atoms with van der Waals surface area (Å²) in [5.41, 5.74) is 1.75. The molecule has 0 spiro atoms. The molecule has 5 aliphatic rings. The summed E-state index contributed by atoms with van der Waals surface area (Å²) in [5.74, 6) is 3.89. The first kappa shape index (κ1) is 20.3. The molecule has 0 radical (unpaired) electrons. The Bertz CT molecular complexity index is 723. The molecule has 6 rings (SSSR count). The number of ether oxygens (including phenoxy) is 2. The molecule has 30 heavy (non-hydrogen) atoms. The lowest BCUT2D eigenvalue weighted by Gasteiger charge is -2.57. The number of nitrogens with two attached hydrogens (primary N) is 1. The lowest BCUT2D eigenvalue weighted by molar-refractivity contribution is -0.717. The van der Waals surface area contributed by atoms with E-state index < -0.39 is 0 Å². The molecule has 1 heterocycles. The maximum absolute atomic E-state index is 12.4. The summed E-state index contributed by atoms with van der Waals surface area (Å²) < 4.78 is 11.3. The molecule has 0 aromatic heterocycles. The van der Waals surface area contributed by atoms with E-state index in [9.17, 15) is 4.79 Å². The second kappa shape index (κ2) is 8.51. The van der Waals surface area contributed by atoms with E-state index in [4.69, 9.17) is 9.47 Å². The molecule has 5 fully saturated rings. The molecule has 1 aromatic rings. The van der Waals surface area contributed by atoms with Crippen molar-refractivity contribution in [2.75, 3.05) is 32.9 Å². The van der Waals surface area contributed by atoms with Crippen LogP contribution in [-0.2, 0) is 16.1 Å². The van der Waals surface area contributed by atoms with Gasteiger partial charge in [-0.15, -0.1) is 0 Å². The molecular weight excluding hydrogens is 376 g/mol. The summed E-state index contributed by atoms with van der Waals surface area (Å²) in [7, 11) is 0. The summed E-state index contributed by atoms with van der Waals surface area (Å²) in [4.78, 5) is 14.3. The van der Waals surface area contributed by atoms with Gasteiger partial charge in [0.2, 0.25) is 0 Å². The van der Waals surface area contributed by atoms with Gasteiger partial charge in [0, 0.05) is 24.1 Å². The predicted octanol–water partition coefficient (Wildman–Crippen LogP) is 2.59. The van der Waals surface area contributed by atoms with Gasteiger partial charge in [0.05, 0.1) is 19.3 Å². The van der Waals surface area contributed by atoms with Crippen LogP contribution in [0.15, 0.2) is 24.3 Å². The average Bonchev–Trinajstić information content (AvgIpc) is 2.76. The van der Waals surface area contributed by atoms with Gasteiger partial charge in [-0.05, 0) is 75.3 Å². The molecule has 164 valence electrons. The highest BCUT2D eigenvalue weighted by Crippen LogP contribution is 2.60. The Morgan fingerprint density at radius 2 is 1.77 bits per heavy atom. The molecule has 4 bridgehead atoms. The monoisotopic (exact) mass is 413 g/mol. The van der Waals surface area contributed by atoms with Crippen molar-refractivity contribution in [3.8, 4) is 5.75 Å². The van der Waals surface area contributed by atoms with Crippen LogP contribution < -0.4 is 10.1 Å². The van der Waals surface area contributed by atoms with E-state index in [-0.39, 0.29) is 12.5 Å². The summed E-state index contributed by atoms with van der Waals surface area (Å²) in [6.45, 7) is 6.07. The summed E-state index contributed by atoms with van der Waals surface area (Å²) >= 11 is 0. The molecule has 0 unspecified atom stereocenters. The van der Waals surface area contributed by atoms with E-state index in [1.54, 1.807) is 0 Å². The fraction of sp³-hybridized carbons (Fsp3) is 0.720. The largest absolute Gasteiger partial charge is 0.483 e. The zero-order valence-electron chi connectivity index (χ0n) is 18.4. The second-order valence-electron chi connectivity index (χ2n) is 10.4. The highest BCUT2D eigenvalue weighted by Gasteiger charge is 2.54. The van der Waals surface area contributed by atoms with Crippen molar-refractivity contribution in [1.29, 1.82) is 0 Å². The summed E-state index contributed by atoms with van der Waals surface area (Å²) in [6, 6.07) is 8.88. The van der Waals surface area contributed by atoms with Gasteiger partial charge in [0.1, 0.15) is 12.3 Å². The van der Waals surface area contributed by atoms with Gasteiger partial charge in [0.15, 0.2) is 6.61 Å². The molecule has 1 aliphatic heterocycles. The van der Waals surface area contributed by atoms with Gasteiger partial charge >= 0.3 is 0 Å². The van der Waals surface area contributed by atoms with Crippen LogP contribution in [-0.4, -0.2) is 49.8 Å². The fourth-order valence-corrected chi connectivity index (χ4v) is 7.15. The van der Waals surface area contributed by atoms with E-state index in [0.29, 0.717) is 37.8 Å². The van der Waals surface area contributed by atoms with Gasteiger partial charge in [-0.1, -0.05) is 12.1 Å². The van der Waals surface area contributed by atoms with Crippen molar-refractivity contribution < 1.29 is 19.6 Å². The fourth-order valence-electron chi connectivity index (χ4n) is 7.15. The number of hydrogen-bond donors (Lipinski definition) is 1. The zero-order valence-corrected chi connectivity index (χ0v) is 18.4. The Hall–Kier alpha value is -1.59. The van der Waals surface area contributed by atoms with E-state index in [1.165, 1.54) is 44.1 Å². The van der Waals surface area contributed by atoms with Crippen molar-refractivity contribution in [2.24, 2.45) is 23.2 Å². The van der Waals surface area contributed by atoms with Crippen LogP contribution in [0, 0.1) is 23.2 Å². The minimum atomic E-state index is 0.0546. The van der Waals surface area contributed by atoms with Crippen LogP contribution in [0.5, 0.6) is 5.75 Å². The quantitative estimate of drug-likeness (QED) is 0.748. The van der Waals surface area contributed by atoms with Crippen LogP contribution in [0.2, 0.25) is 0 Å². The molecule has 1 saturated heterocycles. The Kier molecular flexibility index (Phi) is 5.76. The molecule has 5 nitrogen and oxygen atoms in total. The molecular formula is C25H37N2O3+. The van der Waals surface area contributed by atoms with Crippen LogP contribution in [0.25, 0.3) is 0 Å². The Morgan fingerprint density at radius 3 is 2.43 bits per heavy atom. The summed E-state index contributed by atoms with van der Waals surface area (Å²) in [5, 5.41) is 2.54. The normalized spacial score (nSPS) is 33.5. The van der Waals surface area contributed by atoms with E-state index >= 15 is 0 Å². The first-order valence-electron chi connectivity index (χ1n) is 12.0. The van der Waals surface area contributed by atoms with Crippen molar-refractivity contribution in [3.63, 3.8) is 0 Å². The average molecular weight is 414 g/mol. The number of benzene rings is 1. The number of nitrogens with zero attached hydrogens (tertiary/aromatic N) is 1. The SMILES string of the molecule is C[C@@H]([NH2+]Cc1ccccc1OCC(=O)N1CCOCC1)C12CC3CC(CC(C3)C1)C2. The lowest BCUT2D eigenvalue weighted by atomic mass is 9.48. The first-order valence-corrected chi connectivity index (χ1v) is 12.0. The van der Waals surface area contributed by atoms with Crippen LogP contribution in [0.4, 0.5) is 0 Å². The number of morpholine rings is 1. The van der Waals surface area contributed by atoms with Gasteiger partial charge < -0.3 is 19.7 Å². The number of quaternary nitrogens is 1. The third-order valence-electron chi connectivity index (χ3n) is 8.43. The number of para-hydroxylation sites is 1. The van der Waals surface area contributed by atoms with Gasteiger partial charge in [0.25, 0.3) is 5.91 Å². The maximum Gasteiger partial charge on any atom is 0.260 e. The Balaban J connectivity index is 1.18. The van der Waals surface area contributed by atoms with Crippen molar-refractivity contribution in [3.05, 3.63) is 29.8 Å². The van der Waals surface area contributed by atoms with Gasteiger partial charge in [-0.2, -0.15) is 0 Å². The first-order chi connectivity index (χ1) is 14.6. The standard InChI is InChI=1S/C25H36N2O3/c1-18(25-13-19-10-20(14-25)12-21(11-19)15-25)26-16-22-4-2-3-5-23(22)30-17-24(28)27-6-8-29-9-7-27/h2-5,18-21,26H,6-17H2,1H3/p+1/t18-,19?,20?,21?,25?/m1/s1. The topological polar surface area (TPSA) is 55.4 Å². The Morgan fingerprint density at radius 1 is 1.13 bits per heavy atom. The smallest absolute Gasteiger partial charge is 0.260 e. The van der Waals surface area contributed by atoms with E-state index in [2.05, 4.69) is 24.4 Å². The number of carbonyl (C=O) groups excluding carboxylic acids is 1. The third-order valence-corrected chi connectivity index (χ3v) is 8.43. The van der Waals surface area contributed by atoms with E-state index in [0.717, 1.165) is 30.0 Å². The number of carbonyl (C=O) groups is 1. The summed E-state index contributed by atoms with van der Waals surface area (Å²) in [6.07, 6.45) is 8.84. The van der Waals surface area contributed by atoms with Crippen LogP contribution >= 0.6 is 0 Å². The van der Waals surface area contributed by atoms with Crippen LogP contribution in [0.1, 0.15) is 51.0 Å². The van der Waals surface area contributed by atoms with Crippen molar-refractivity contribution >= 4 is 5.91 Å². The number of rotatable bonds is 7. The lowest BCUT2D eigenvalue weighted by Crippen LogP contribution is -2.91. The van der Waals surface area contributed by atoms with Gasteiger partial charge in [-0.3, -0.25) is 4.79 Å². The van der Waals surface area contributed by atoms with E-state index in [1.807, 2.05) is 17.0 Å². The highest BCUT2D eigenvalue weighted by molar-refractivity contribution is 5.77. The van der Waals surface area contributed by atoms with Crippen molar-refractivity contribution in [2.45, 2.75) is 58.0 Å². The minimum absolute atomic E-state index is 0.0546. The zero-order chi connectivity index (χ0) is 20.6. The minimum Gasteiger partial charge on any atom is -0.483 e. The predicted molar refractivity (Wildman–Crippen MR) is 115 cm³/mol. The molecule has 5 heteroatoms. The molecule has 1 aromatic carbocycles. The van der Waals surface area contributed by atoms with Crippen molar-refractivity contribution in [1.82, 2.24) is 4.90 Å². The van der Waals surface area contributed by atoms with Gasteiger partial charge in [-0.25, -0.2) is 0 Å². The number of amides is 1. The molecule has 4 aliphatic carbocycles. The third kappa shape index (κ3) is 4.11. The Labute approximate surface area is 180 Å². The molecule has 1 amide bonds. The maximum atomic E-state index is 12.4. The molecule has 1 atom stereocenters.